The van der Waals surface area contributed by atoms with Crippen molar-refractivity contribution in [3.63, 3.8) is 0 Å². The van der Waals surface area contributed by atoms with Crippen molar-refractivity contribution in [2.24, 2.45) is 39.5 Å². The maximum absolute atomic E-state index is 12.0. The summed E-state index contributed by atoms with van der Waals surface area (Å²) < 4.78 is 0. The number of fused-ring (bicyclic) bond motifs is 5. The number of aliphatic hydroxyl groups is 1. The minimum atomic E-state index is -1.40. The highest BCUT2D eigenvalue weighted by Gasteiger charge is 2.63. The number of rotatable bonds is 7. The zero-order valence-electron chi connectivity index (χ0n) is 21.1. The van der Waals surface area contributed by atoms with Crippen LogP contribution in [-0.4, -0.2) is 52.0 Å². The van der Waals surface area contributed by atoms with Crippen LogP contribution in [0.2, 0.25) is 0 Å². The van der Waals surface area contributed by atoms with E-state index in [1.165, 1.54) is 5.57 Å². The minimum absolute atomic E-state index is 0.0704. The fraction of sp³-hybridized carbons (Fsp3) is 0.704. The molecule has 9 nitrogen and oxygen atoms in total. The van der Waals surface area contributed by atoms with Crippen LogP contribution >= 0.6 is 0 Å². The molecular weight excluding hydrogens is 462 g/mol. The van der Waals surface area contributed by atoms with E-state index in [2.05, 4.69) is 36.3 Å². The molecule has 0 aromatic carbocycles. The molecular formula is C27H37N3O6. The molecule has 36 heavy (non-hydrogen) atoms. The van der Waals surface area contributed by atoms with Crippen LogP contribution in [0.15, 0.2) is 16.8 Å². The summed E-state index contributed by atoms with van der Waals surface area (Å²) in [5, 5.41) is 26.6. The Morgan fingerprint density at radius 3 is 2.61 bits per heavy atom. The molecule has 0 spiro atoms. The summed E-state index contributed by atoms with van der Waals surface area (Å²) in [7, 11) is 0. The van der Waals surface area contributed by atoms with E-state index >= 15 is 0 Å². The summed E-state index contributed by atoms with van der Waals surface area (Å²) in [6.07, 6.45) is 14.7. The third kappa shape index (κ3) is 4.40. The first-order valence-corrected chi connectivity index (χ1v) is 12.8. The highest BCUT2D eigenvalue weighted by Crippen LogP contribution is 2.67. The topological polar surface area (TPSA) is 151 Å². The number of carboxylic acid groups (broad SMARTS) is 1. The van der Waals surface area contributed by atoms with E-state index in [1.807, 2.05) is 0 Å². The van der Waals surface area contributed by atoms with Crippen LogP contribution in [0.3, 0.4) is 0 Å². The molecule has 0 heterocycles. The molecule has 3 fully saturated rings. The van der Waals surface area contributed by atoms with Gasteiger partial charge in [-0.05, 0) is 80.6 Å². The number of terminal acetylenes is 1. The first-order valence-electron chi connectivity index (χ1n) is 12.8. The number of nitrogens with zero attached hydrogens (tertiary/aromatic N) is 1. The van der Waals surface area contributed by atoms with Gasteiger partial charge in [-0.25, -0.2) is 4.79 Å². The Kier molecular flexibility index (Phi) is 6.95. The Morgan fingerprint density at radius 1 is 1.22 bits per heavy atom. The third-order valence-corrected chi connectivity index (χ3v) is 9.78. The number of carboxylic acids is 1. The fourth-order valence-electron chi connectivity index (χ4n) is 7.71. The van der Waals surface area contributed by atoms with Crippen LogP contribution < -0.4 is 11.1 Å². The van der Waals surface area contributed by atoms with Gasteiger partial charge < -0.3 is 26.1 Å². The van der Waals surface area contributed by atoms with Gasteiger partial charge in [0.05, 0.1) is 12.1 Å². The number of carbonyl (C=O) groups is 3. The molecule has 3 saturated carbocycles. The quantitative estimate of drug-likeness (QED) is 0.311. The van der Waals surface area contributed by atoms with E-state index in [0.29, 0.717) is 24.2 Å². The van der Waals surface area contributed by atoms with Gasteiger partial charge in [-0.1, -0.05) is 30.5 Å². The standard InChI is InChI=1S/C27H37N3O6/c1-4-27(35)12-9-20-18-6-5-16-13-17(7-10-25(16,2)19(18)8-11-26(20,27)3)30-36-15-23(32)29-21(24(33)34)14-22(28)31/h1,13,18-21,35H,5-12,14-15H2,2-3H3,(H2,28,31)(H,29,32)(H,33,34)/b30-17+/t18-,19+,20+,21-,25+,26+,27-/m1/s1. The number of nitrogens with one attached hydrogen (secondary N) is 1. The molecule has 0 aliphatic heterocycles. The average Bonchev–Trinajstić information content (AvgIpc) is 3.09. The van der Waals surface area contributed by atoms with Gasteiger partial charge in [0.15, 0.2) is 6.61 Å². The van der Waals surface area contributed by atoms with Crippen LogP contribution in [0.25, 0.3) is 0 Å². The molecule has 0 unspecified atom stereocenters. The van der Waals surface area contributed by atoms with E-state index in [4.69, 9.17) is 22.1 Å². The predicted octanol–water partition coefficient (Wildman–Crippen LogP) is 2.13. The predicted molar refractivity (Wildman–Crippen MR) is 132 cm³/mol. The van der Waals surface area contributed by atoms with Gasteiger partial charge in [-0.3, -0.25) is 9.59 Å². The number of allylic oxidation sites excluding steroid dienone is 2. The van der Waals surface area contributed by atoms with E-state index in [0.717, 1.165) is 50.7 Å². The fourth-order valence-corrected chi connectivity index (χ4v) is 7.71. The molecule has 0 radical (unpaired) electrons. The summed E-state index contributed by atoms with van der Waals surface area (Å²) in [6, 6.07) is -1.40. The summed E-state index contributed by atoms with van der Waals surface area (Å²) in [5.74, 6) is 1.42. The molecule has 5 N–H and O–H groups in total. The molecule has 196 valence electrons. The van der Waals surface area contributed by atoms with Crippen LogP contribution in [0.1, 0.15) is 71.6 Å². The highest BCUT2D eigenvalue weighted by molar-refractivity contribution is 5.96. The summed E-state index contributed by atoms with van der Waals surface area (Å²) in [6.45, 7) is 4.10. The second-order valence-electron chi connectivity index (χ2n) is 11.5. The number of aliphatic carboxylic acids is 1. The summed E-state index contributed by atoms with van der Waals surface area (Å²) in [4.78, 5) is 39.4. The van der Waals surface area contributed by atoms with Crippen molar-refractivity contribution in [1.82, 2.24) is 5.32 Å². The minimum Gasteiger partial charge on any atom is -0.480 e. The van der Waals surface area contributed by atoms with Gasteiger partial charge in [0.2, 0.25) is 5.91 Å². The van der Waals surface area contributed by atoms with Gasteiger partial charge in [0.1, 0.15) is 11.6 Å². The van der Waals surface area contributed by atoms with Crippen molar-refractivity contribution in [3.8, 4) is 12.3 Å². The lowest BCUT2D eigenvalue weighted by Gasteiger charge is -2.58. The highest BCUT2D eigenvalue weighted by atomic mass is 16.6. The zero-order valence-corrected chi connectivity index (χ0v) is 21.1. The molecule has 7 atom stereocenters. The first kappa shape index (κ1) is 26.2. The van der Waals surface area contributed by atoms with E-state index < -0.39 is 42.5 Å². The van der Waals surface area contributed by atoms with Gasteiger partial charge in [0.25, 0.3) is 5.91 Å². The average molecular weight is 500 g/mol. The van der Waals surface area contributed by atoms with Crippen LogP contribution in [0.4, 0.5) is 0 Å². The van der Waals surface area contributed by atoms with Crippen molar-refractivity contribution >= 4 is 23.5 Å². The first-order chi connectivity index (χ1) is 16.9. The Balaban J connectivity index is 1.40. The molecule has 4 aliphatic rings. The Morgan fingerprint density at radius 2 is 1.94 bits per heavy atom. The van der Waals surface area contributed by atoms with Crippen LogP contribution in [-0.2, 0) is 19.2 Å². The normalized spacial score (nSPS) is 39.0. The molecule has 0 saturated heterocycles. The van der Waals surface area contributed by atoms with Crippen LogP contribution in [0.5, 0.6) is 0 Å². The number of carbonyl (C=O) groups excluding carboxylic acids is 2. The van der Waals surface area contributed by atoms with E-state index in [9.17, 15) is 19.5 Å². The number of hydrogen-bond acceptors (Lipinski definition) is 6. The van der Waals surface area contributed by atoms with E-state index in [-0.39, 0.29) is 10.8 Å². The molecule has 0 aromatic rings. The number of nitrogens with two attached hydrogens (primary N) is 1. The van der Waals surface area contributed by atoms with Gasteiger partial charge in [0, 0.05) is 5.41 Å². The smallest absolute Gasteiger partial charge is 0.326 e. The van der Waals surface area contributed by atoms with Crippen molar-refractivity contribution in [3.05, 3.63) is 11.6 Å². The molecule has 9 heteroatoms. The largest absolute Gasteiger partial charge is 0.480 e. The Bertz CT molecular complexity index is 1050. The molecule has 4 rings (SSSR count). The van der Waals surface area contributed by atoms with Gasteiger partial charge in [-0.15, -0.1) is 6.42 Å². The number of primary amides is 1. The van der Waals surface area contributed by atoms with Gasteiger partial charge >= 0.3 is 5.97 Å². The lowest BCUT2D eigenvalue weighted by atomic mass is 9.46. The number of hydrogen-bond donors (Lipinski definition) is 4. The van der Waals surface area contributed by atoms with E-state index in [1.54, 1.807) is 0 Å². The maximum atomic E-state index is 12.0. The zero-order chi connectivity index (χ0) is 26.3. The van der Waals surface area contributed by atoms with Crippen molar-refractivity contribution in [2.75, 3.05) is 6.61 Å². The lowest BCUT2D eigenvalue weighted by Crippen LogP contribution is -2.54. The lowest BCUT2D eigenvalue weighted by molar-refractivity contribution is -0.144. The second kappa shape index (κ2) is 9.55. The maximum Gasteiger partial charge on any atom is 0.326 e. The number of oxime groups is 1. The van der Waals surface area contributed by atoms with Crippen molar-refractivity contribution in [1.29, 1.82) is 0 Å². The molecule has 4 aliphatic carbocycles. The third-order valence-electron chi connectivity index (χ3n) is 9.78. The van der Waals surface area contributed by atoms with Crippen molar-refractivity contribution < 1.29 is 29.4 Å². The summed E-state index contributed by atoms with van der Waals surface area (Å²) >= 11 is 0. The van der Waals surface area contributed by atoms with Crippen LogP contribution in [0, 0.1) is 40.9 Å². The molecule has 2 amide bonds. The molecule has 0 aromatic heterocycles. The Labute approximate surface area is 211 Å². The second-order valence-corrected chi connectivity index (χ2v) is 11.5. The van der Waals surface area contributed by atoms with Gasteiger partial charge in [-0.2, -0.15) is 0 Å². The summed E-state index contributed by atoms with van der Waals surface area (Å²) in [5.41, 5.74) is 6.01. The monoisotopic (exact) mass is 499 g/mol. The van der Waals surface area contributed by atoms with Crippen molar-refractivity contribution in [2.45, 2.75) is 83.3 Å². The number of amides is 2. The Hall–Kier alpha value is -2.86. The SMILES string of the molecule is C#C[C@@]1(O)CC[C@H]2[C@@H]3CCC4=C/C(=N/OCC(=O)N[C@H](CC(N)=O)C(=O)O)CC[C@]4(C)[C@H]3CC[C@@]21C. The molecule has 0 bridgehead atoms.